The van der Waals surface area contributed by atoms with Gasteiger partial charge in [0.05, 0.1) is 12.7 Å². The van der Waals surface area contributed by atoms with Gasteiger partial charge in [0.15, 0.2) is 29.0 Å². The van der Waals surface area contributed by atoms with Gasteiger partial charge in [-0.1, -0.05) is 56.2 Å². The molecule has 0 saturated carbocycles. The van der Waals surface area contributed by atoms with Gasteiger partial charge in [0.1, 0.15) is 0 Å². The molecule has 36 heavy (non-hydrogen) atoms. The van der Waals surface area contributed by atoms with E-state index in [2.05, 4.69) is 16.9 Å². The molecule has 0 aliphatic heterocycles. The first-order chi connectivity index (χ1) is 17.5. The van der Waals surface area contributed by atoms with Gasteiger partial charge in [0.25, 0.3) is 0 Å². The maximum atomic E-state index is 14.9. The highest BCUT2D eigenvalue weighted by molar-refractivity contribution is 5.64. The molecule has 0 atom stereocenters. The van der Waals surface area contributed by atoms with Crippen molar-refractivity contribution < 1.29 is 17.9 Å². The minimum Gasteiger partial charge on any atom is -0.494 e. The minimum atomic E-state index is -0.928. The Kier molecular flexibility index (Phi) is 8.36. The van der Waals surface area contributed by atoms with Crippen molar-refractivity contribution in [1.82, 2.24) is 9.97 Å². The van der Waals surface area contributed by atoms with Crippen molar-refractivity contribution in [1.29, 1.82) is 0 Å². The van der Waals surface area contributed by atoms with Crippen LogP contribution in [0.5, 0.6) is 5.75 Å². The summed E-state index contributed by atoms with van der Waals surface area (Å²) in [7, 11) is 1.43. The van der Waals surface area contributed by atoms with E-state index in [0.717, 1.165) is 47.9 Å². The van der Waals surface area contributed by atoms with Gasteiger partial charge in [-0.15, -0.1) is 0 Å². The minimum absolute atomic E-state index is 0.0624. The van der Waals surface area contributed by atoms with Crippen molar-refractivity contribution in [3.8, 4) is 28.3 Å². The molecule has 1 aromatic heterocycles. The van der Waals surface area contributed by atoms with E-state index in [4.69, 9.17) is 4.74 Å². The molecule has 0 aliphatic rings. The lowest BCUT2D eigenvalue weighted by molar-refractivity contribution is 0.386. The number of halogens is 3. The third-order valence-electron chi connectivity index (χ3n) is 6.30. The molecule has 0 aliphatic carbocycles. The number of benzene rings is 3. The van der Waals surface area contributed by atoms with E-state index in [-0.39, 0.29) is 17.1 Å². The van der Waals surface area contributed by atoms with Gasteiger partial charge in [-0.05, 0) is 71.7 Å². The molecule has 0 fully saturated rings. The average molecular weight is 491 g/mol. The van der Waals surface area contributed by atoms with Crippen LogP contribution in [-0.2, 0) is 19.3 Å². The lowest BCUT2D eigenvalue weighted by Gasteiger charge is -2.09. The number of unbranched alkanes of at least 4 members (excludes halogenated alkanes) is 2. The van der Waals surface area contributed by atoms with Crippen molar-refractivity contribution in [2.75, 3.05) is 7.11 Å². The van der Waals surface area contributed by atoms with Crippen molar-refractivity contribution in [3.63, 3.8) is 0 Å². The molecular formula is C30H29F3N2O. The van der Waals surface area contributed by atoms with Crippen LogP contribution in [0.4, 0.5) is 13.2 Å². The Morgan fingerprint density at radius 3 is 2.11 bits per heavy atom. The molecule has 0 spiro atoms. The molecule has 0 amide bonds. The lowest BCUT2D eigenvalue weighted by atomic mass is 9.99. The van der Waals surface area contributed by atoms with Crippen LogP contribution in [0.25, 0.3) is 22.5 Å². The fraction of sp³-hybridized carbons (Fsp3) is 0.267. The van der Waals surface area contributed by atoms with Gasteiger partial charge in [-0.25, -0.2) is 23.1 Å². The van der Waals surface area contributed by atoms with E-state index in [9.17, 15) is 13.2 Å². The first-order valence-electron chi connectivity index (χ1n) is 12.2. The van der Waals surface area contributed by atoms with Gasteiger partial charge >= 0.3 is 0 Å². The topological polar surface area (TPSA) is 35.0 Å². The Hall–Kier alpha value is -3.67. The number of rotatable bonds is 10. The Balaban J connectivity index is 1.41. The second-order valence-electron chi connectivity index (χ2n) is 8.82. The Morgan fingerprint density at radius 2 is 1.44 bits per heavy atom. The first-order valence-corrected chi connectivity index (χ1v) is 12.2. The van der Waals surface area contributed by atoms with E-state index in [1.807, 2.05) is 24.3 Å². The molecule has 186 valence electrons. The Labute approximate surface area is 210 Å². The number of aryl methyl sites for hydroxylation is 3. The van der Waals surface area contributed by atoms with Crippen LogP contribution in [0.1, 0.15) is 42.9 Å². The fourth-order valence-corrected chi connectivity index (χ4v) is 4.15. The normalized spacial score (nSPS) is 11.0. The summed E-state index contributed by atoms with van der Waals surface area (Å²) in [6, 6.07) is 15.6. The van der Waals surface area contributed by atoms with Crippen LogP contribution in [0.2, 0.25) is 0 Å². The standard InChI is InChI=1S/C30H29F3N2O/c1-3-4-5-6-21-18-34-30(35-19-21)25-15-13-23(28(32)29(25)33)12-9-20-7-10-22(11-8-20)24-14-16-27(36-2)26(31)17-24/h7-8,10-11,13-19H,3-6,9,12H2,1-2H3. The van der Waals surface area contributed by atoms with E-state index in [0.29, 0.717) is 18.4 Å². The van der Waals surface area contributed by atoms with Crippen LogP contribution in [0.3, 0.4) is 0 Å². The first kappa shape index (κ1) is 25.4. The molecule has 1 heterocycles. The number of aromatic nitrogens is 2. The van der Waals surface area contributed by atoms with Gasteiger partial charge in [-0.2, -0.15) is 0 Å². The van der Waals surface area contributed by atoms with E-state index < -0.39 is 17.5 Å². The quantitative estimate of drug-likeness (QED) is 0.213. The summed E-state index contributed by atoms with van der Waals surface area (Å²) in [6.45, 7) is 2.14. The number of nitrogens with zero attached hydrogens (tertiary/aromatic N) is 2. The summed E-state index contributed by atoms with van der Waals surface area (Å²) in [4.78, 5) is 8.51. The number of methoxy groups -OCH3 is 1. The predicted molar refractivity (Wildman–Crippen MR) is 136 cm³/mol. The number of hydrogen-bond donors (Lipinski definition) is 0. The van der Waals surface area contributed by atoms with Crippen LogP contribution < -0.4 is 4.74 Å². The average Bonchev–Trinajstić information content (AvgIpc) is 2.90. The summed E-state index contributed by atoms with van der Waals surface area (Å²) in [5.41, 5.74) is 3.92. The van der Waals surface area contributed by atoms with Crippen LogP contribution >= 0.6 is 0 Å². The second kappa shape index (κ2) is 11.8. The molecule has 3 aromatic carbocycles. The maximum Gasteiger partial charge on any atom is 0.170 e. The molecule has 4 rings (SSSR count). The van der Waals surface area contributed by atoms with Crippen molar-refractivity contribution in [2.45, 2.75) is 45.4 Å². The Morgan fingerprint density at radius 1 is 0.722 bits per heavy atom. The van der Waals surface area contributed by atoms with Gasteiger partial charge < -0.3 is 4.74 Å². The summed E-state index contributed by atoms with van der Waals surface area (Å²) in [6.07, 6.45) is 8.45. The highest BCUT2D eigenvalue weighted by Crippen LogP contribution is 2.27. The molecule has 4 aromatic rings. The molecule has 0 N–H and O–H groups in total. The maximum absolute atomic E-state index is 14.9. The van der Waals surface area contributed by atoms with E-state index in [1.165, 1.54) is 13.2 Å². The monoisotopic (exact) mass is 490 g/mol. The van der Waals surface area contributed by atoms with Crippen molar-refractivity contribution in [3.05, 3.63) is 101 Å². The zero-order valence-electron chi connectivity index (χ0n) is 20.5. The summed E-state index contributed by atoms with van der Waals surface area (Å²) in [5.74, 6) is -1.84. The zero-order chi connectivity index (χ0) is 25.5. The molecule has 0 saturated heterocycles. The van der Waals surface area contributed by atoms with E-state index >= 15 is 0 Å². The highest BCUT2D eigenvalue weighted by atomic mass is 19.2. The third kappa shape index (κ3) is 5.93. The summed E-state index contributed by atoms with van der Waals surface area (Å²) < 4.78 is 48.7. The largest absolute Gasteiger partial charge is 0.494 e. The van der Waals surface area contributed by atoms with Gasteiger partial charge in [0.2, 0.25) is 0 Å². The van der Waals surface area contributed by atoms with Crippen LogP contribution in [0.15, 0.2) is 67.0 Å². The predicted octanol–water partition coefficient (Wildman–Crippen LogP) is 7.75. The molecule has 0 unspecified atom stereocenters. The van der Waals surface area contributed by atoms with Crippen molar-refractivity contribution >= 4 is 0 Å². The van der Waals surface area contributed by atoms with Gasteiger partial charge in [0, 0.05) is 12.4 Å². The van der Waals surface area contributed by atoms with Gasteiger partial charge in [-0.3, -0.25) is 0 Å². The van der Waals surface area contributed by atoms with E-state index in [1.54, 1.807) is 36.7 Å². The van der Waals surface area contributed by atoms with Crippen LogP contribution in [0, 0.1) is 17.5 Å². The smallest absolute Gasteiger partial charge is 0.170 e. The summed E-state index contributed by atoms with van der Waals surface area (Å²) >= 11 is 0. The second-order valence-corrected chi connectivity index (χ2v) is 8.82. The third-order valence-corrected chi connectivity index (χ3v) is 6.30. The number of hydrogen-bond acceptors (Lipinski definition) is 3. The molecular weight excluding hydrogens is 461 g/mol. The van der Waals surface area contributed by atoms with Crippen LogP contribution in [-0.4, -0.2) is 17.1 Å². The lowest BCUT2D eigenvalue weighted by Crippen LogP contribution is -2.01. The highest BCUT2D eigenvalue weighted by Gasteiger charge is 2.16. The Bertz CT molecular complexity index is 1310. The zero-order valence-corrected chi connectivity index (χ0v) is 20.5. The molecule has 3 nitrogen and oxygen atoms in total. The SMILES string of the molecule is CCCCCc1cnc(-c2ccc(CCc3ccc(-c4ccc(OC)c(F)c4)cc3)c(F)c2F)nc1. The molecule has 0 bridgehead atoms. The number of ether oxygens (including phenoxy) is 1. The van der Waals surface area contributed by atoms with Crippen molar-refractivity contribution in [2.24, 2.45) is 0 Å². The molecule has 0 radical (unpaired) electrons. The molecule has 6 heteroatoms. The summed E-state index contributed by atoms with van der Waals surface area (Å²) in [5, 5.41) is 0. The fourth-order valence-electron chi connectivity index (χ4n) is 4.15.